The van der Waals surface area contributed by atoms with E-state index >= 15 is 0 Å². The van der Waals surface area contributed by atoms with Crippen LogP contribution in [0.15, 0.2) is 64.6 Å². The van der Waals surface area contributed by atoms with Gasteiger partial charge in [0.2, 0.25) is 0 Å². The van der Waals surface area contributed by atoms with E-state index in [2.05, 4.69) is 9.97 Å². The minimum absolute atomic E-state index is 0.0357. The van der Waals surface area contributed by atoms with Gasteiger partial charge in [-0.25, -0.2) is 9.97 Å². The third kappa shape index (κ3) is 2.42. The lowest BCUT2D eigenvalue weighted by atomic mass is 10.2. The molecule has 0 saturated heterocycles. The first-order valence-electron chi connectivity index (χ1n) is 8.05. The Morgan fingerprint density at radius 2 is 1.64 bits per heavy atom. The fraction of sp³-hybridized carbons (Fsp3) is 0.158. The number of fused-ring (bicyclic) bond motifs is 2. The van der Waals surface area contributed by atoms with Gasteiger partial charge in [-0.1, -0.05) is 6.07 Å². The smallest absolute Gasteiger partial charge is 0.265 e. The molecule has 6 heteroatoms. The number of rotatable bonds is 2. The predicted octanol–water partition coefficient (Wildman–Crippen LogP) is 2.68. The van der Waals surface area contributed by atoms with Crippen molar-refractivity contribution >= 4 is 21.8 Å². The van der Waals surface area contributed by atoms with Gasteiger partial charge < -0.3 is 4.57 Å². The minimum Gasteiger partial charge on any atom is -0.312 e. The van der Waals surface area contributed by atoms with Crippen molar-refractivity contribution in [3.63, 3.8) is 0 Å². The number of aromatic nitrogens is 4. The molecule has 0 aromatic carbocycles. The van der Waals surface area contributed by atoms with E-state index in [0.717, 1.165) is 0 Å². The van der Waals surface area contributed by atoms with Gasteiger partial charge in [0.05, 0.1) is 21.8 Å². The highest BCUT2D eigenvalue weighted by molar-refractivity contribution is 5.91. The second-order valence-electron chi connectivity index (χ2n) is 6.15. The summed E-state index contributed by atoms with van der Waals surface area (Å²) in [5.41, 5.74) is 0.759. The van der Waals surface area contributed by atoms with Crippen LogP contribution in [0.25, 0.3) is 27.6 Å². The molecule has 0 radical (unpaired) electrons. The Bertz CT molecular complexity index is 1210. The van der Waals surface area contributed by atoms with E-state index in [1.807, 2.05) is 19.9 Å². The van der Waals surface area contributed by atoms with Crippen LogP contribution in [0.3, 0.4) is 0 Å². The zero-order valence-electron chi connectivity index (χ0n) is 13.9. The predicted molar refractivity (Wildman–Crippen MR) is 97.3 cm³/mol. The van der Waals surface area contributed by atoms with Gasteiger partial charge in [0, 0.05) is 24.6 Å². The van der Waals surface area contributed by atoms with Gasteiger partial charge in [-0.05, 0) is 44.2 Å². The molecule has 0 atom stereocenters. The van der Waals surface area contributed by atoms with Gasteiger partial charge in [0.25, 0.3) is 11.1 Å². The van der Waals surface area contributed by atoms with E-state index in [9.17, 15) is 9.59 Å². The highest BCUT2D eigenvalue weighted by Crippen LogP contribution is 2.16. The summed E-state index contributed by atoms with van der Waals surface area (Å²) in [5, 5.41) is 0.846. The van der Waals surface area contributed by atoms with Crippen molar-refractivity contribution in [2.24, 2.45) is 0 Å². The average Bonchev–Trinajstić information content (AvgIpc) is 2.62. The SMILES string of the molecule is CC(C)n1ccc2nc3ccn(-c4ccccn4)c(=O)c3cc2c1=O. The molecule has 6 nitrogen and oxygen atoms in total. The molecule has 0 N–H and O–H groups in total. The Morgan fingerprint density at radius 1 is 0.920 bits per heavy atom. The Balaban J connectivity index is 2.06. The van der Waals surface area contributed by atoms with Crippen molar-refractivity contribution in [1.82, 2.24) is 19.1 Å². The summed E-state index contributed by atoms with van der Waals surface area (Å²) in [6, 6.07) is 10.6. The van der Waals surface area contributed by atoms with Crippen LogP contribution in [0.4, 0.5) is 0 Å². The standard InChI is InChI=1S/C19H16N4O2/c1-12(2)22-9-6-15-13(18(22)24)11-14-16(21-15)7-10-23(19(14)25)17-5-3-4-8-20-17/h3-12H,1-2H3. The van der Waals surface area contributed by atoms with E-state index in [1.54, 1.807) is 53.5 Å². The summed E-state index contributed by atoms with van der Waals surface area (Å²) in [6.45, 7) is 3.88. The molecule has 0 bridgehead atoms. The van der Waals surface area contributed by atoms with Crippen LogP contribution >= 0.6 is 0 Å². The molecular weight excluding hydrogens is 316 g/mol. The number of pyridine rings is 4. The van der Waals surface area contributed by atoms with Gasteiger partial charge in [0.15, 0.2) is 0 Å². The quantitative estimate of drug-likeness (QED) is 0.529. The van der Waals surface area contributed by atoms with Gasteiger partial charge in [-0.15, -0.1) is 0 Å². The van der Waals surface area contributed by atoms with Gasteiger partial charge >= 0.3 is 0 Å². The molecule has 0 aliphatic rings. The molecule has 0 aliphatic carbocycles. The largest absolute Gasteiger partial charge is 0.312 e. The number of hydrogen-bond donors (Lipinski definition) is 0. The molecular formula is C19H16N4O2. The molecule has 4 heterocycles. The second kappa shape index (κ2) is 5.66. The highest BCUT2D eigenvalue weighted by atomic mass is 16.1. The summed E-state index contributed by atoms with van der Waals surface area (Å²) in [6.07, 6.45) is 5.02. The van der Waals surface area contributed by atoms with Gasteiger partial charge in [-0.2, -0.15) is 0 Å². The van der Waals surface area contributed by atoms with Crippen LogP contribution in [-0.4, -0.2) is 19.1 Å². The molecule has 25 heavy (non-hydrogen) atoms. The fourth-order valence-corrected chi connectivity index (χ4v) is 2.92. The molecule has 0 saturated carbocycles. The van der Waals surface area contributed by atoms with Crippen molar-refractivity contribution in [3.8, 4) is 5.82 Å². The maximum atomic E-state index is 12.9. The van der Waals surface area contributed by atoms with Gasteiger partial charge in [-0.3, -0.25) is 14.2 Å². The Hall–Kier alpha value is -3.28. The summed E-state index contributed by atoms with van der Waals surface area (Å²) < 4.78 is 3.09. The van der Waals surface area contributed by atoms with E-state index < -0.39 is 0 Å². The van der Waals surface area contributed by atoms with E-state index in [4.69, 9.17) is 0 Å². The number of hydrogen-bond acceptors (Lipinski definition) is 4. The Kier molecular flexibility index (Phi) is 3.46. The molecule has 4 aromatic rings. The second-order valence-corrected chi connectivity index (χ2v) is 6.15. The van der Waals surface area contributed by atoms with Crippen molar-refractivity contribution in [2.45, 2.75) is 19.9 Å². The van der Waals surface area contributed by atoms with Crippen molar-refractivity contribution in [2.75, 3.05) is 0 Å². The maximum absolute atomic E-state index is 12.9. The maximum Gasteiger partial charge on any atom is 0.265 e. The lowest BCUT2D eigenvalue weighted by Crippen LogP contribution is -2.23. The van der Waals surface area contributed by atoms with Crippen LogP contribution in [0.1, 0.15) is 19.9 Å². The Labute approximate surface area is 143 Å². The van der Waals surface area contributed by atoms with E-state index in [1.165, 1.54) is 4.57 Å². The van der Waals surface area contributed by atoms with Crippen LogP contribution in [0.5, 0.6) is 0 Å². The summed E-state index contributed by atoms with van der Waals surface area (Å²) in [5.74, 6) is 0.530. The minimum atomic E-state index is -0.245. The monoisotopic (exact) mass is 332 g/mol. The molecule has 4 aromatic heterocycles. The van der Waals surface area contributed by atoms with Gasteiger partial charge in [0.1, 0.15) is 5.82 Å². The molecule has 124 valence electrons. The molecule has 0 spiro atoms. The van der Waals surface area contributed by atoms with Crippen LogP contribution in [0, 0.1) is 0 Å². The molecule has 0 unspecified atom stereocenters. The molecule has 4 rings (SSSR count). The lowest BCUT2D eigenvalue weighted by Gasteiger charge is -2.11. The number of nitrogens with zero attached hydrogens (tertiary/aromatic N) is 4. The van der Waals surface area contributed by atoms with Crippen molar-refractivity contribution in [3.05, 3.63) is 75.7 Å². The molecule has 0 aliphatic heterocycles. The highest BCUT2D eigenvalue weighted by Gasteiger charge is 2.11. The topological polar surface area (TPSA) is 69.8 Å². The normalized spacial score (nSPS) is 11.5. The first-order valence-corrected chi connectivity index (χ1v) is 8.05. The zero-order chi connectivity index (χ0) is 17.6. The van der Waals surface area contributed by atoms with E-state index in [0.29, 0.717) is 27.6 Å². The van der Waals surface area contributed by atoms with Crippen LogP contribution in [0.2, 0.25) is 0 Å². The summed E-state index contributed by atoms with van der Waals surface area (Å²) >= 11 is 0. The first kappa shape index (κ1) is 15.3. The van der Waals surface area contributed by atoms with Crippen molar-refractivity contribution in [1.29, 1.82) is 0 Å². The zero-order valence-corrected chi connectivity index (χ0v) is 13.9. The third-order valence-corrected chi connectivity index (χ3v) is 4.22. The molecule has 0 amide bonds. The van der Waals surface area contributed by atoms with Crippen LogP contribution < -0.4 is 11.1 Å². The average molecular weight is 332 g/mol. The van der Waals surface area contributed by atoms with Crippen LogP contribution in [-0.2, 0) is 0 Å². The first-order chi connectivity index (χ1) is 12.1. The summed E-state index contributed by atoms with van der Waals surface area (Å²) in [4.78, 5) is 34.3. The fourth-order valence-electron chi connectivity index (χ4n) is 2.92. The lowest BCUT2D eigenvalue weighted by molar-refractivity contribution is 0.582. The molecule has 0 fully saturated rings. The third-order valence-electron chi connectivity index (χ3n) is 4.22. The Morgan fingerprint density at radius 3 is 2.32 bits per heavy atom. The summed E-state index contributed by atoms with van der Waals surface area (Å²) in [7, 11) is 0. The van der Waals surface area contributed by atoms with E-state index in [-0.39, 0.29) is 17.2 Å². The van der Waals surface area contributed by atoms with Crippen molar-refractivity contribution < 1.29 is 0 Å².